The molecular formula is C16H16N2O. The summed E-state index contributed by atoms with van der Waals surface area (Å²) in [6, 6.07) is 10.0. The highest BCUT2D eigenvalue weighted by molar-refractivity contribution is 5.63. The number of hydrogen-bond donors (Lipinski definition) is 1. The van der Waals surface area contributed by atoms with E-state index in [4.69, 9.17) is 5.11 Å². The molecule has 0 aliphatic carbocycles. The summed E-state index contributed by atoms with van der Waals surface area (Å²) < 4.78 is 0. The van der Waals surface area contributed by atoms with E-state index in [1.807, 2.05) is 24.3 Å². The third kappa shape index (κ3) is 2.29. The van der Waals surface area contributed by atoms with Crippen LogP contribution in [0.1, 0.15) is 17.5 Å². The predicted octanol–water partition coefficient (Wildman–Crippen LogP) is 1.35. The van der Waals surface area contributed by atoms with E-state index in [1.54, 1.807) is 0 Å². The third-order valence-corrected chi connectivity index (χ3v) is 3.39. The number of pyridine rings is 1. The lowest BCUT2D eigenvalue weighted by Crippen LogP contribution is -2.32. The number of aliphatic hydroxyl groups excluding tert-OH is 1. The fourth-order valence-corrected chi connectivity index (χ4v) is 2.35. The number of benzene rings is 1. The Balaban J connectivity index is 2.14. The van der Waals surface area contributed by atoms with Crippen LogP contribution in [0.15, 0.2) is 35.3 Å². The maximum absolute atomic E-state index is 9.08. The quantitative estimate of drug-likeness (QED) is 0.877. The van der Waals surface area contributed by atoms with E-state index >= 15 is 0 Å². The molecule has 0 unspecified atom stereocenters. The second-order valence-corrected chi connectivity index (χ2v) is 4.80. The van der Waals surface area contributed by atoms with Crippen molar-refractivity contribution in [2.45, 2.75) is 20.0 Å². The van der Waals surface area contributed by atoms with E-state index in [9.17, 15) is 0 Å². The summed E-state index contributed by atoms with van der Waals surface area (Å²) in [5.41, 5.74) is 4.96. The molecule has 0 fully saturated rings. The zero-order valence-corrected chi connectivity index (χ0v) is 10.9. The van der Waals surface area contributed by atoms with Gasteiger partial charge in [-0.05, 0) is 30.5 Å². The van der Waals surface area contributed by atoms with Crippen molar-refractivity contribution in [2.24, 2.45) is 4.99 Å². The zero-order valence-electron chi connectivity index (χ0n) is 10.9. The van der Waals surface area contributed by atoms with Gasteiger partial charge in [0.1, 0.15) is 0 Å². The van der Waals surface area contributed by atoms with Gasteiger partial charge in [-0.25, -0.2) is 4.98 Å². The molecule has 2 heterocycles. The van der Waals surface area contributed by atoms with E-state index in [-0.39, 0.29) is 6.61 Å². The Labute approximate surface area is 112 Å². The van der Waals surface area contributed by atoms with Crippen LogP contribution < -0.4 is 10.7 Å². The van der Waals surface area contributed by atoms with Crippen LogP contribution in [0.3, 0.4) is 0 Å². The van der Waals surface area contributed by atoms with Gasteiger partial charge in [-0.3, -0.25) is 4.99 Å². The fourth-order valence-electron chi connectivity index (χ4n) is 2.35. The largest absolute Gasteiger partial charge is 0.392 e. The molecule has 1 N–H and O–H groups in total. The van der Waals surface area contributed by atoms with Gasteiger partial charge in [0.05, 0.1) is 12.3 Å². The molecule has 0 amide bonds. The number of nitrogens with zero attached hydrogens (tertiary/aromatic N) is 2. The molecule has 1 aromatic heterocycles. The number of aliphatic hydroxyl groups is 1. The van der Waals surface area contributed by atoms with E-state index < -0.39 is 0 Å². The van der Waals surface area contributed by atoms with Crippen LogP contribution in [-0.2, 0) is 6.61 Å². The van der Waals surface area contributed by atoms with E-state index in [1.165, 1.54) is 0 Å². The molecular weight excluding hydrogens is 236 g/mol. The molecule has 19 heavy (non-hydrogen) atoms. The normalized spacial score (nSPS) is 13.4. The van der Waals surface area contributed by atoms with Gasteiger partial charge < -0.3 is 5.11 Å². The fraction of sp³-hybridized carbons (Fsp3) is 0.250. The van der Waals surface area contributed by atoms with Crippen LogP contribution in [0.25, 0.3) is 17.3 Å². The minimum Gasteiger partial charge on any atom is -0.392 e. The van der Waals surface area contributed by atoms with Crippen LogP contribution in [0.4, 0.5) is 0 Å². The van der Waals surface area contributed by atoms with Gasteiger partial charge in [0.15, 0.2) is 5.49 Å². The first-order chi connectivity index (χ1) is 9.28. The molecule has 3 nitrogen and oxygen atoms in total. The van der Waals surface area contributed by atoms with Gasteiger partial charge in [-0.1, -0.05) is 30.3 Å². The van der Waals surface area contributed by atoms with E-state index in [0.717, 1.165) is 46.1 Å². The molecule has 96 valence electrons. The Morgan fingerprint density at radius 3 is 2.74 bits per heavy atom. The third-order valence-electron chi connectivity index (χ3n) is 3.39. The highest BCUT2D eigenvalue weighted by atomic mass is 16.3. The monoisotopic (exact) mass is 252 g/mol. The second kappa shape index (κ2) is 4.94. The van der Waals surface area contributed by atoms with Gasteiger partial charge in [0.2, 0.25) is 0 Å². The Morgan fingerprint density at radius 2 is 2.00 bits per heavy atom. The van der Waals surface area contributed by atoms with Crippen molar-refractivity contribution in [1.29, 1.82) is 0 Å². The molecule has 2 aromatic rings. The number of aromatic nitrogens is 1. The zero-order chi connectivity index (χ0) is 13.2. The lowest BCUT2D eigenvalue weighted by Gasteiger charge is -2.08. The maximum atomic E-state index is 9.08. The Hall–Kier alpha value is -2.00. The van der Waals surface area contributed by atoms with Crippen molar-refractivity contribution in [1.82, 2.24) is 4.98 Å². The highest BCUT2D eigenvalue weighted by Gasteiger charge is 2.06. The summed E-state index contributed by atoms with van der Waals surface area (Å²) in [6.07, 6.45) is 3.19. The Kier molecular flexibility index (Phi) is 3.13. The summed E-state index contributed by atoms with van der Waals surface area (Å²) in [7, 11) is 0. The first-order valence-electron chi connectivity index (χ1n) is 6.50. The summed E-state index contributed by atoms with van der Waals surface area (Å²) >= 11 is 0. The van der Waals surface area contributed by atoms with E-state index in [2.05, 4.69) is 29.0 Å². The van der Waals surface area contributed by atoms with Crippen LogP contribution in [0.2, 0.25) is 0 Å². The first kappa shape index (κ1) is 12.1. The van der Waals surface area contributed by atoms with Crippen molar-refractivity contribution in [2.75, 3.05) is 6.54 Å². The number of aryl methyl sites for hydroxylation is 1. The minimum absolute atomic E-state index is 0.0706. The minimum atomic E-state index is 0.0706. The molecule has 1 aromatic carbocycles. The number of hydrogen-bond acceptors (Lipinski definition) is 3. The van der Waals surface area contributed by atoms with Gasteiger partial charge in [0, 0.05) is 17.3 Å². The van der Waals surface area contributed by atoms with Gasteiger partial charge in [-0.15, -0.1) is 0 Å². The molecule has 1 aliphatic rings. The number of fused-ring (bicyclic) bond motifs is 1. The number of rotatable bonds is 2. The van der Waals surface area contributed by atoms with Crippen LogP contribution >= 0.6 is 0 Å². The standard InChI is InChI=1S/C16H16N2O/c1-11-9-14-3-2-8-17-16(14)18-15(11)13-6-4-12(10-19)5-7-13/h3-7,9,19H,2,8,10H2,1H3. The average Bonchev–Trinajstić information content (AvgIpc) is 2.47. The van der Waals surface area contributed by atoms with Crippen LogP contribution in [0, 0.1) is 6.92 Å². The van der Waals surface area contributed by atoms with Crippen LogP contribution in [0.5, 0.6) is 0 Å². The second-order valence-electron chi connectivity index (χ2n) is 4.80. The Morgan fingerprint density at radius 1 is 1.21 bits per heavy atom. The van der Waals surface area contributed by atoms with Crippen molar-refractivity contribution in [3.63, 3.8) is 0 Å². The topological polar surface area (TPSA) is 45.5 Å². The molecule has 0 bridgehead atoms. The van der Waals surface area contributed by atoms with Crippen LogP contribution in [-0.4, -0.2) is 16.6 Å². The van der Waals surface area contributed by atoms with Crippen molar-refractivity contribution < 1.29 is 5.11 Å². The summed E-state index contributed by atoms with van der Waals surface area (Å²) in [5.74, 6) is 0. The lowest BCUT2D eigenvalue weighted by molar-refractivity contribution is 0.282. The van der Waals surface area contributed by atoms with Gasteiger partial charge >= 0.3 is 0 Å². The molecule has 0 atom stereocenters. The molecule has 0 spiro atoms. The molecule has 1 aliphatic heterocycles. The molecule has 0 saturated heterocycles. The summed E-state index contributed by atoms with van der Waals surface area (Å²) in [5, 5.41) is 10.2. The smallest absolute Gasteiger partial charge is 0.154 e. The Bertz CT molecular complexity index is 718. The van der Waals surface area contributed by atoms with E-state index in [0.29, 0.717) is 0 Å². The molecule has 0 saturated carbocycles. The van der Waals surface area contributed by atoms with Crippen molar-refractivity contribution in [3.05, 3.63) is 52.2 Å². The summed E-state index contributed by atoms with van der Waals surface area (Å²) in [6.45, 7) is 2.97. The van der Waals surface area contributed by atoms with Crippen molar-refractivity contribution in [3.8, 4) is 11.3 Å². The summed E-state index contributed by atoms with van der Waals surface area (Å²) in [4.78, 5) is 9.15. The molecule has 3 rings (SSSR count). The SMILES string of the molecule is Cc1cc2c(nc1-c1ccc(CO)cc1)=NCCC=2. The molecule has 0 radical (unpaired) electrons. The highest BCUT2D eigenvalue weighted by Crippen LogP contribution is 2.19. The molecule has 3 heteroatoms. The van der Waals surface area contributed by atoms with Crippen molar-refractivity contribution >= 4 is 6.08 Å². The van der Waals surface area contributed by atoms with Gasteiger partial charge in [0.25, 0.3) is 0 Å². The first-order valence-corrected chi connectivity index (χ1v) is 6.50. The maximum Gasteiger partial charge on any atom is 0.154 e. The average molecular weight is 252 g/mol. The van der Waals surface area contributed by atoms with Gasteiger partial charge in [-0.2, -0.15) is 0 Å². The predicted molar refractivity (Wildman–Crippen MR) is 75.1 cm³/mol. The lowest BCUT2D eigenvalue weighted by atomic mass is 10.0.